The molecule has 4 rings (SSSR count). The van der Waals surface area contributed by atoms with Gasteiger partial charge in [0.25, 0.3) is 0 Å². The van der Waals surface area contributed by atoms with Gasteiger partial charge in [0.1, 0.15) is 0 Å². The predicted molar refractivity (Wildman–Crippen MR) is 147 cm³/mol. The minimum atomic E-state index is -0.705. The maximum Gasteiger partial charge on any atom is 0.337 e. The number of carbonyl (C=O) groups excluding carboxylic acids is 3. The number of hydrogen-bond acceptors (Lipinski definition) is 4. The number of amides is 3. The molecular formula is C31H33N3O4. The third-order valence-electron chi connectivity index (χ3n) is 6.75. The summed E-state index contributed by atoms with van der Waals surface area (Å²) in [6, 6.07) is 25.5. The minimum Gasteiger partial charge on any atom is -0.466 e. The van der Waals surface area contributed by atoms with Crippen LogP contribution in [-0.2, 0) is 14.3 Å². The number of benzene rings is 3. The van der Waals surface area contributed by atoms with Gasteiger partial charge in [-0.05, 0) is 42.2 Å². The van der Waals surface area contributed by atoms with E-state index in [9.17, 15) is 14.4 Å². The van der Waals surface area contributed by atoms with Gasteiger partial charge in [-0.15, -0.1) is 0 Å². The SMILES string of the molecule is CCCCN1C(=O)N[C@H](c2cccc(NC(=O)C(c3ccccc3)c3ccccc3)c2)C(C(=O)OC)=C1C. The van der Waals surface area contributed by atoms with E-state index in [1.807, 2.05) is 73.7 Å². The Bertz CT molecular complexity index is 1280. The Hall–Kier alpha value is -4.39. The molecule has 0 aliphatic carbocycles. The summed E-state index contributed by atoms with van der Waals surface area (Å²) in [5.41, 5.74) is 3.94. The Balaban J connectivity index is 1.65. The molecule has 1 heterocycles. The molecule has 1 atom stereocenters. The molecule has 1 aliphatic rings. The molecule has 3 aromatic rings. The van der Waals surface area contributed by atoms with Crippen LogP contribution in [0.1, 0.15) is 55.3 Å². The van der Waals surface area contributed by atoms with E-state index in [4.69, 9.17) is 4.74 Å². The van der Waals surface area contributed by atoms with Crippen LogP contribution in [0.25, 0.3) is 0 Å². The third-order valence-corrected chi connectivity index (χ3v) is 6.75. The average molecular weight is 512 g/mol. The van der Waals surface area contributed by atoms with Crippen molar-refractivity contribution in [3.8, 4) is 0 Å². The zero-order valence-electron chi connectivity index (χ0n) is 21.9. The number of anilines is 1. The van der Waals surface area contributed by atoms with Crippen molar-refractivity contribution in [2.75, 3.05) is 19.0 Å². The van der Waals surface area contributed by atoms with Crippen LogP contribution in [0.3, 0.4) is 0 Å². The molecule has 3 amide bonds. The second-order valence-corrected chi connectivity index (χ2v) is 9.25. The molecule has 7 heteroatoms. The highest BCUT2D eigenvalue weighted by atomic mass is 16.5. The number of unbranched alkanes of at least 4 members (excludes halogenated alkanes) is 1. The van der Waals surface area contributed by atoms with E-state index < -0.39 is 17.9 Å². The number of methoxy groups -OCH3 is 1. The van der Waals surface area contributed by atoms with Gasteiger partial charge >= 0.3 is 12.0 Å². The zero-order valence-corrected chi connectivity index (χ0v) is 21.9. The fourth-order valence-electron chi connectivity index (χ4n) is 4.79. The first kappa shape index (κ1) is 26.7. The van der Waals surface area contributed by atoms with Crippen LogP contribution in [0.4, 0.5) is 10.5 Å². The minimum absolute atomic E-state index is 0.183. The molecule has 0 aromatic heterocycles. The van der Waals surface area contributed by atoms with Crippen molar-refractivity contribution in [2.24, 2.45) is 0 Å². The van der Waals surface area contributed by atoms with Gasteiger partial charge in [-0.1, -0.05) is 86.1 Å². The summed E-state index contributed by atoms with van der Waals surface area (Å²) in [5.74, 6) is -1.19. The number of nitrogens with one attached hydrogen (secondary N) is 2. The normalized spacial score (nSPS) is 15.3. The second-order valence-electron chi connectivity index (χ2n) is 9.25. The third kappa shape index (κ3) is 5.78. The molecule has 0 bridgehead atoms. The molecule has 0 unspecified atom stereocenters. The zero-order chi connectivity index (χ0) is 27.1. The maximum atomic E-state index is 13.6. The van der Waals surface area contributed by atoms with Crippen LogP contribution in [0.15, 0.2) is 96.2 Å². The Morgan fingerprint density at radius 3 is 2.18 bits per heavy atom. The summed E-state index contributed by atoms with van der Waals surface area (Å²) in [6.07, 6.45) is 1.73. The summed E-state index contributed by atoms with van der Waals surface area (Å²) in [7, 11) is 1.33. The van der Waals surface area contributed by atoms with Crippen molar-refractivity contribution in [2.45, 2.75) is 38.6 Å². The molecule has 1 aliphatic heterocycles. The summed E-state index contributed by atoms with van der Waals surface area (Å²) in [6.45, 7) is 4.33. The second kappa shape index (κ2) is 12.2. The van der Waals surface area contributed by atoms with Gasteiger partial charge < -0.3 is 15.4 Å². The van der Waals surface area contributed by atoms with E-state index in [1.165, 1.54) is 7.11 Å². The van der Waals surface area contributed by atoms with Gasteiger partial charge in [0, 0.05) is 17.9 Å². The van der Waals surface area contributed by atoms with Crippen molar-refractivity contribution in [1.29, 1.82) is 0 Å². The summed E-state index contributed by atoms with van der Waals surface area (Å²) < 4.78 is 5.08. The van der Waals surface area contributed by atoms with Crippen LogP contribution < -0.4 is 10.6 Å². The maximum absolute atomic E-state index is 13.6. The van der Waals surface area contributed by atoms with Crippen molar-refractivity contribution in [3.63, 3.8) is 0 Å². The van der Waals surface area contributed by atoms with E-state index >= 15 is 0 Å². The van der Waals surface area contributed by atoms with Gasteiger partial charge in [-0.2, -0.15) is 0 Å². The number of nitrogens with zero attached hydrogens (tertiary/aromatic N) is 1. The Labute approximate surface area is 223 Å². The van der Waals surface area contributed by atoms with Crippen molar-refractivity contribution in [1.82, 2.24) is 10.2 Å². The molecule has 0 saturated heterocycles. The van der Waals surface area contributed by atoms with E-state index in [0.29, 0.717) is 29.1 Å². The first-order valence-corrected chi connectivity index (χ1v) is 12.8. The monoisotopic (exact) mass is 511 g/mol. The number of allylic oxidation sites excluding steroid dienone is 1. The van der Waals surface area contributed by atoms with E-state index in [0.717, 1.165) is 24.0 Å². The number of esters is 1. The number of ether oxygens (including phenoxy) is 1. The lowest BCUT2D eigenvalue weighted by Gasteiger charge is -2.35. The van der Waals surface area contributed by atoms with Crippen molar-refractivity contribution >= 4 is 23.6 Å². The van der Waals surface area contributed by atoms with Gasteiger partial charge in [0.05, 0.1) is 24.6 Å². The van der Waals surface area contributed by atoms with Crippen LogP contribution >= 0.6 is 0 Å². The smallest absolute Gasteiger partial charge is 0.337 e. The molecule has 3 aromatic carbocycles. The molecule has 0 fully saturated rings. The number of carbonyl (C=O) groups is 3. The quantitative estimate of drug-likeness (QED) is 0.357. The average Bonchev–Trinajstić information content (AvgIpc) is 2.94. The van der Waals surface area contributed by atoms with Crippen LogP contribution in [0, 0.1) is 0 Å². The molecule has 0 radical (unpaired) electrons. The molecule has 0 saturated carbocycles. The van der Waals surface area contributed by atoms with E-state index in [2.05, 4.69) is 10.6 Å². The topological polar surface area (TPSA) is 87.7 Å². The molecule has 7 nitrogen and oxygen atoms in total. The highest BCUT2D eigenvalue weighted by Crippen LogP contribution is 2.33. The Kier molecular flexibility index (Phi) is 8.58. The summed E-state index contributed by atoms with van der Waals surface area (Å²) in [4.78, 5) is 41.0. The molecule has 38 heavy (non-hydrogen) atoms. The Morgan fingerprint density at radius 1 is 0.974 bits per heavy atom. The highest BCUT2D eigenvalue weighted by molar-refractivity contribution is 5.98. The van der Waals surface area contributed by atoms with Gasteiger partial charge in [0.15, 0.2) is 0 Å². The fourth-order valence-corrected chi connectivity index (χ4v) is 4.79. The standard InChI is InChI=1S/C31H33N3O4/c1-4-5-19-34-21(2)26(30(36)38-3)28(33-31(34)37)24-17-12-18-25(20-24)32-29(35)27(22-13-8-6-9-14-22)23-15-10-7-11-16-23/h6-18,20,27-28H,4-5,19H2,1-3H3,(H,32,35)(H,33,37)/t28-/m1/s1. The Morgan fingerprint density at radius 2 is 1.61 bits per heavy atom. The predicted octanol–water partition coefficient (Wildman–Crippen LogP) is 5.77. The van der Waals surface area contributed by atoms with Gasteiger partial charge in [-0.25, -0.2) is 9.59 Å². The molecular weight excluding hydrogens is 478 g/mol. The van der Waals surface area contributed by atoms with Crippen molar-refractivity contribution < 1.29 is 19.1 Å². The summed E-state index contributed by atoms with van der Waals surface area (Å²) in [5, 5.41) is 6.00. The van der Waals surface area contributed by atoms with Crippen LogP contribution in [0.2, 0.25) is 0 Å². The largest absolute Gasteiger partial charge is 0.466 e. The number of hydrogen-bond donors (Lipinski definition) is 2. The van der Waals surface area contributed by atoms with Crippen LogP contribution in [-0.4, -0.2) is 36.5 Å². The fraction of sp³-hybridized carbons (Fsp3) is 0.258. The lowest BCUT2D eigenvalue weighted by molar-refractivity contribution is -0.136. The lowest BCUT2D eigenvalue weighted by atomic mass is 9.90. The van der Waals surface area contributed by atoms with E-state index in [-0.39, 0.29) is 11.9 Å². The molecule has 0 spiro atoms. The lowest BCUT2D eigenvalue weighted by Crippen LogP contribution is -2.48. The van der Waals surface area contributed by atoms with E-state index in [1.54, 1.807) is 30.0 Å². The number of rotatable bonds is 9. The highest BCUT2D eigenvalue weighted by Gasteiger charge is 2.36. The summed E-state index contributed by atoms with van der Waals surface area (Å²) >= 11 is 0. The number of urea groups is 1. The molecule has 196 valence electrons. The first-order chi connectivity index (χ1) is 18.4. The molecule has 2 N–H and O–H groups in total. The van der Waals surface area contributed by atoms with Gasteiger partial charge in [-0.3, -0.25) is 9.69 Å². The van der Waals surface area contributed by atoms with Crippen molar-refractivity contribution in [3.05, 3.63) is 113 Å². The first-order valence-electron chi connectivity index (χ1n) is 12.8. The van der Waals surface area contributed by atoms with Gasteiger partial charge in [0.2, 0.25) is 5.91 Å². The van der Waals surface area contributed by atoms with Crippen LogP contribution in [0.5, 0.6) is 0 Å².